The number of methoxy groups -OCH3 is 1. The Bertz CT molecular complexity index is 368. The second-order valence-corrected chi connectivity index (χ2v) is 6.20. The molecule has 3 nitrogen and oxygen atoms in total. The van der Waals surface area contributed by atoms with E-state index < -0.39 is 0 Å². The fourth-order valence-corrected chi connectivity index (χ4v) is 1.92. The minimum absolute atomic E-state index is 0.134. The summed E-state index contributed by atoms with van der Waals surface area (Å²) in [4.78, 5) is 0. The average Bonchev–Trinajstić information content (AvgIpc) is 2.41. The van der Waals surface area contributed by atoms with Gasteiger partial charge in [0.1, 0.15) is 5.75 Å². The maximum absolute atomic E-state index is 6.03. The van der Waals surface area contributed by atoms with Crippen LogP contribution in [0.1, 0.15) is 46.1 Å². The molecule has 1 rings (SSSR count). The van der Waals surface area contributed by atoms with Crippen LogP contribution >= 0.6 is 0 Å². The summed E-state index contributed by atoms with van der Waals surface area (Å²) in [5, 5.41) is 3.52. The summed E-state index contributed by atoms with van der Waals surface area (Å²) in [5.74, 6) is 0.883. The molecule has 0 saturated heterocycles. The van der Waals surface area contributed by atoms with Gasteiger partial charge in [0.15, 0.2) is 0 Å². The van der Waals surface area contributed by atoms with Gasteiger partial charge in [-0.3, -0.25) is 0 Å². The molecule has 1 atom stereocenters. The second-order valence-electron chi connectivity index (χ2n) is 6.20. The van der Waals surface area contributed by atoms with Gasteiger partial charge < -0.3 is 14.8 Å². The first-order valence-corrected chi connectivity index (χ1v) is 7.44. The van der Waals surface area contributed by atoms with Crippen molar-refractivity contribution in [2.24, 2.45) is 0 Å². The molecule has 3 heteroatoms. The fraction of sp³-hybridized carbons (Fsp3) is 0.647. The standard InChI is InChI=1S/C17H29NO2/c1-6-7-16(12-18-17(2,3)4)20-13-14-8-10-15(19-5)11-9-14/h8-11,16,18H,6-7,12-13H2,1-5H3. The molecule has 1 N–H and O–H groups in total. The van der Waals surface area contributed by atoms with Crippen LogP contribution in [0.5, 0.6) is 5.75 Å². The fourth-order valence-electron chi connectivity index (χ4n) is 1.92. The van der Waals surface area contributed by atoms with Crippen LogP contribution in [-0.2, 0) is 11.3 Å². The topological polar surface area (TPSA) is 30.5 Å². The van der Waals surface area contributed by atoms with Gasteiger partial charge in [-0.2, -0.15) is 0 Å². The van der Waals surface area contributed by atoms with Crippen molar-refractivity contribution in [2.45, 2.75) is 58.8 Å². The molecule has 0 saturated carbocycles. The molecular weight excluding hydrogens is 250 g/mol. The second kappa shape index (κ2) is 8.28. The largest absolute Gasteiger partial charge is 0.497 e. The van der Waals surface area contributed by atoms with Crippen LogP contribution in [0.2, 0.25) is 0 Å². The lowest BCUT2D eigenvalue weighted by Gasteiger charge is -2.25. The number of ether oxygens (including phenoxy) is 2. The number of rotatable bonds is 8. The third kappa shape index (κ3) is 6.92. The Morgan fingerprint density at radius 3 is 2.30 bits per heavy atom. The zero-order valence-corrected chi connectivity index (χ0v) is 13.5. The molecule has 0 fully saturated rings. The Morgan fingerprint density at radius 1 is 1.15 bits per heavy atom. The SMILES string of the molecule is CCCC(CNC(C)(C)C)OCc1ccc(OC)cc1. The van der Waals surface area contributed by atoms with E-state index >= 15 is 0 Å². The van der Waals surface area contributed by atoms with Gasteiger partial charge in [0.25, 0.3) is 0 Å². The van der Waals surface area contributed by atoms with Crippen molar-refractivity contribution < 1.29 is 9.47 Å². The third-order valence-corrected chi connectivity index (χ3v) is 3.12. The van der Waals surface area contributed by atoms with Crippen LogP contribution in [0.25, 0.3) is 0 Å². The van der Waals surface area contributed by atoms with E-state index in [0.717, 1.165) is 25.1 Å². The van der Waals surface area contributed by atoms with Crippen LogP contribution in [0.3, 0.4) is 0 Å². The van der Waals surface area contributed by atoms with Gasteiger partial charge in [-0.1, -0.05) is 25.5 Å². The van der Waals surface area contributed by atoms with Gasteiger partial charge >= 0.3 is 0 Å². The van der Waals surface area contributed by atoms with Gasteiger partial charge in [-0.15, -0.1) is 0 Å². The highest BCUT2D eigenvalue weighted by Gasteiger charge is 2.14. The van der Waals surface area contributed by atoms with Gasteiger partial charge in [-0.05, 0) is 44.9 Å². The van der Waals surface area contributed by atoms with Gasteiger partial charge in [0.2, 0.25) is 0 Å². The van der Waals surface area contributed by atoms with E-state index in [-0.39, 0.29) is 11.6 Å². The predicted octanol–water partition coefficient (Wildman–Crippen LogP) is 3.77. The first-order valence-electron chi connectivity index (χ1n) is 7.44. The van der Waals surface area contributed by atoms with E-state index in [1.165, 1.54) is 5.56 Å². The third-order valence-electron chi connectivity index (χ3n) is 3.12. The van der Waals surface area contributed by atoms with Crippen LogP contribution in [-0.4, -0.2) is 25.3 Å². The molecule has 0 aliphatic carbocycles. The van der Waals surface area contributed by atoms with E-state index in [4.69, 9.17) is 9.47 Å². The molecule has 0 amide bonds. The van der Waals surface area contributed by atoms with E-state index in [1.54, 1.807) is 7.11 Å². The van der Waals surface area contributed by atoms with Gasteiger partial charge in [0, 0.05) is 12.1 Å². The lowest BCUT2D eigenvalue weighted by molar-refractivity contribution is 0.0310. The van der Waals surface area contributed by atoms with Crippen molar-refractivity contribution in [2.75, 3.05) is 13.7 Å². The molecule has 0 heterocycles. The molecule has 0 bridgehead atoms. The number of hydrogen-bond donors (Lipinski definition) is 1. The highest BCUT2D eigenvalue weighted by atomic mass is 16.5. The first-order chi connectivity index (χ1) is 9.44. The molecular formula is C17H29NO2. The van der Waals surface area contributed by atoms with Crippen LogP contribution in [0.15, 0.2) is 24.3 Å². The Morgan fingerprint density at radius 2 is 1.80 bits per heavy atom. The zero-order chi connectivity index (χ0) is 15.0. The summed E-state index contributed by atoms with van der Waals surface area (Å²) in [7, 11) is 1.68. The maximum Gasteiger partial charge on any atom is 0.118 e. The van der Waals surface area contributed by atoms with Gasteiger partial charge in [-0.25, -0.2) is 0 Å². The molecule has 0 spiro atoms. The smallest absolute Gasteiger partial charge is 0.118 e. The van der Waals surface area contributed by atoms with Crippen LogP contribution in [0, 0.1) is 0 Å². The van der Waals surface area contributed by atoms with Crippen molar-refractivity contribution in [3.05, 3.63) is 29.8 Å². The molecule has 1 aromatic rings. The van der Waals surface area contributed by atoms with E-state index in [1.807, 2.05) is 12.1 Å². The highest BCUT2D eigenvalue weighted by Crippen LogP contribution is 2.14. The summed E-state index contributed by atoms with van der Waals surface area (Å²) in [5.41, 5.74) is 1.32. The molecule has 0 aromatic heterocycles. The number of hydrogen-bond acceptors (Lipinski definition) is 3. The van der Waals surface area contributed by atoms with E-state index in [0.29, 0.717) is 6.61 Å². The monoisotopic (exact) mass is 279 g/mol. The molecule has 114 valence electrons. The summed E-state index contributed by atoms with van der Waals surface area (Å²) in [6.45, 7) is 10.3. The first kappa shape index (κ1) is 17.0. The normalized spacial score (nSPS) is 13.2. The van der Waals surface area contributed by atoms with Crippen LogP contribution < -0.4 is 10.1 Å². The quantitative estimate of drug-likeness (QED) is 0.786. The Hall–Kier alpha value is -1.06. The van der Waals surface area contributed by atoms with Crippen molar-refractivity contribution in [1.82, 2.24) is 5.32 Å². The highest BCUT2D eigenvalue weighted by molar-refractivity contribution is 5.26. The molecule has 1 unspecified atom stereocenters. The Kier molecular flexibility index (Phi) is 7.03. The molecule has 0 aliphatic heterocycles. The minimum atomic E-state index is 0.134. The predicted molar refractivity (Wildman–Crippen MR) is 84.2 cm³/mol. The maximum atomic E-state index is 6.03. The lowest BCUT2D eigenvalue weighted by Crippen LogP contribution is -2.41. The van der Waals surface area contributed by atoms with Crippen molar-refractivity contribution >= 4 is 0 Å². The molecule has 1 aromatic carbocycles. The van der Waals surface area contributed by atoms with Crippen molar-refractivity contribution in [1.29, 1.82) is 0 Å². The Balaban J connectivity index is 2.44. The van der Waals surface area contributed by atoms with Crippen LogP contribution in [0.4, 0.5) is 0 Å². The summed E-state index contributed by atoms with van der Waals surface area (Å²) in [6, 6.07) is 8.06. The number of nitrogens with one attached hydrogen (secondary N) is 1. The Labute approximate surface area is 123 Å². The molecule has 0 radical (unpaired) electrons. The summed E-state index contributed by atoms with van der Waals surface area (Å²) in [6.07, 6.45) is 2.49. The van der Waals surface area contributed by atoms with Crippen molar-refractivity contribution in [3.8, 4) is 5.75 Å². The molecule has 0 aliphatic rings. The van der Waals surface area contributed by atoms with Gasteiger partial charge in [0.05, 0.1) is 19.8 Å². The van der Waals surface area contributed by atoms with Crippen molar-refractivity contribution in [3.63, 3.8) is 0 Å². The summed E-state index contributed by atoms with van der Waals surface area (Å²) >= 11 is 0. The zero-order valence-electron chi connectivity index (χ0n) is 13.5. The average molecular weight is 279 g/mol. The van der Waals surface area contributed by atoms with E-state index in [9.17, 15) is 0 Å². The summed E-state index contributed by atoms with van der Waals surface area (Å²) < 4.78 is 11.2. The minimum Gasteiger partial charge on any atom is -0.497 e. The van der Waals surface area contributed by atoms with E-state index in [2.05, 4.69) is 45.1 Å². The lowest BCUT2D eigenvalue weighted by atomic mass is 10.1. The number of benzene rings is 1. The molecule has 20 heavy (non-hydrogen) atoms.